The average molecular weight is 331 g/mol. The number of benzene rings is 1. The van der Waals surface area contributed by atoms with Gasteiger partial charge >= 0.3 is 10.7 Å². The van der Waals surface area contributed by atoms with E-state index in [1.807, 2.05) is 19.2 Å². The summed E-state index contributed by atoms with van der Waals surface area (Å²) in [7, 11) is 1.44. The summed E-state index contributed by atoms with van der Waals surface area (Å²) in [4.78, 5) is 19.9. The number of carbonyl (C=O) groups is 2. The lowest BCUT2D eigenvalue weighted by Crippen LogP contribution is -2.02. The number of hydrogen-bond acceptors (Lipinski definition) is 4. The van der Waals surface area contributed by atoms with Crippen LogP contribution in [0.3, 0.4) is 0 Å². The SMILES string of the molecule is COc1cc(-n2ccc(C)n2)ccc1C(=O)O.O=C(Cl)Cl. The number of ether oxygens (including phenoxy) is 1. The van der Waals surface area contributed by atoms with Crippen molar-refractivity contribution in [2.24, 2.45) is 0 Å². The topological polar surface area (TPSA) is 81.4 Å². The third-order valence-electron chi connectivity index (χ3n) is 2.40. The first kappa shape index (κ1) is 17.0. The van der Waals surface area contributed by atoms with Crippen molar-refractivity contribution in [2.45, 2.75) is 6.92 Å². The van der Waals surface area contributed by atoms with Crippen molar-refractivity contribution in [3.05, 3.63) is 41.7 Å². The third kappa shape index (κ3) is 5.09. The maximum Gasteiger partial charge on any atom is 0.339 e. The highest BCUT2D eigenvalue weighted by Gasteiger charge is 2.12. The summed E-state index contributed by atoms with van der Waals surface area (Å²) in [5.74, 6) is -0.687. The van der Waals surface area contributed by atoms with E-state index in [0.29, 0.717) is 5.75 Å². The Morgan fingerprint density at radius 2 is 1.90 bits per heavy atom. The highest BCUT2D eigenvalue weighted by atomic mass is 35.5. The Morgan fingerprint density at radius 1 is 1.29 bits per heavy atom. The van der Waals surface area contributed by atoms with E-state index in [2.05, 4.69) is 28.3 Å². The molecule has 112 valence electrons. The van der Waals surface area contributed by atoms with E-state index in [4.69, 9.17) is 14.6 Å². The van der Waals surface area contributed by atoms with E-state index >= 15 is 0 Å². The number of hydrogen-bond donors (Lipinski definition) is 1. The highest BCUT2D eigenvalue weighted by Crippen LogP contribution is 2.22. The van der Waals surface area contributed by atoms with Crippen molar-refractivity contribution in [3.63, 3.8) is 0 Å². The molecule has 6 nitrogen and oxygen atoms in total. The largest absolute Gasteiger partial charge is 0.496 e. The molecule has 0 spiro atoms. The molecule has 0 atom stereocenters. The van der Waals surface area contributed by atoms with Crippen LogP contribution in [-0.2, 0) is 0 Å². The van der Waals surface area contributed by atoms with Gasteiger partial charge in [0.25, 0.3) is 0 Å². The van der Waals surface area contributed by atoms with Crippen LogP contribution >= 0.6 is 23.2 Å². The third-order valence-corrected chi connectivity index (χ3v) is 2.40. The van der Waals surface area contributed by atoms with Gasteiger partial charge in [-0.25, -0.2) is 9.48 Å². The minimum absolute atomic E-state index is 0.139. The van der Waals surface area contributed by atoms with Crippen LogP contribution in [0.15, 0.2) is 30.5 Å². The molecule has 1 aromatic heterocycles. The number of methoxy groups -OCH3 is 1. The Morgan fingerprint density at radius 3 is 2.33 bits per heavy atom. The molecule has 0 aliphatic rings. The Hall–Kier alpha value is -2.05. The summed E-state index contributed by atoms with van der Waals surface area (Å²) in [6.07, 6.45) is 1.81. The van der Waals surface area contributed by atoms with Crippen molar-refractivity contribution in [1.29, 1.82) is 0 Å². The predicted molar refractivity (Wildman–Crippen MR) is 78.9 cm³/mol. The summed E-state index contributed by atoms with van der Waals surface area (Å²) in [5.41, 5.74) is 1.80. The number of aromatic nitrogens is 2. The zero-order valence-electron chi connectivity index (χ0n) is 11.2. The number of carboxylic acid groups (broad SMARTS) is 1. The van der Waals surface area contributed by atoms with Gasteiger partial charge in [0.2, 0.25) is 0 Å². The number of carbonyl (C=O) groups excluding carboxylic acids is 1. The second kappa shape index (κ2) is 7.66. The normalized spacial score (nSPS) is 9.52. The van der Waals surface area contributed by atoms with Gasteiger partial charge in [-0.2, -0.15) is 5.10 Å². The maximum absolute atomic E-state index is 10.9. The molecule has 1 aromatic carbocycles. The van der Waals surface area contributed by atoms with Crippen LogP contribution < -0.4 is 4.74 Å². The highest BCUT2D eigenvalue weighted by molar-refractivity contribution is 6.93. The molecule has 0 saturated carbocycles. The first-order chi connectivity index (χ1) is 9.85. The van der Waals surface area contributed by atoms with Gasteiger partial charge in [-0.05, 0) is 48.3 Å². The number of aromatic carboxylic acids is 1. The maximum atomic E-state index is 10.9. The molecule has 0 unspecified atom stereocenters. The number of aryl methyl sites for hydroxylation is 1. The number of nitrogens with zero attached hydrogens (tertiary/aromatic N) is 2. The quantitative estimate of drug-likeness (QED) is 0.871. The van der Waals surface area contributed by atoms with E-state index in [-0.39, 0.29) is 5.56 Å². The lowest BCUT2D eigenvalue weighted by Gasteiger charge is -2.07. The molecule has 0 radical (unpaired) electrons. The molecule has 0 bridgehead atoms. The van der Waals surface area contributed by atoms with Crippen LogP contribution in [0.2, 0.25) is 0 Å². The molecule has 0 fully saturated rings. The first-order valence-corrected chi connectivity index (χ1v) is 6.39. The average Bonchev–Trinajstić information content (AvgIpc) is 2.84. The summed E-state index contributed by atoms with van der Waals surface area (Å²) >= 11 is 8.80. The van der Waals surface area contributed by atoms with Gasteiger partial charge in [0.1, 0.15) is 11.3 Å². The molecule has 2 aromatic rings. The molecular formula is C13H12Cl2N2O4. The van der Waals surface area contributed by atoms with Gasteiger partial charge in [-0.3, -0.25) is 4.79 Å². The molecule has 1 N–H and O–H groups in total. The second-order valence-corrected chi connectivity index (χ2v) is 4.70. The first-order valence-electron chi connectivity index (χ1n) is 5.64. The molecule has 0 aliphatic heterocycles. The predicted octanol–water partition coefficient (Wildman–Crippen LogP) is 3.47. The Labute approximate surface area is 130 Å². The fourth-order valence-corrected chi connectivity index (χ4v) is 1.56. The number of rotatable bonds is 3. The van der Waals surface area contributed by atoms with E-state index in [1.165, 1.54) is 13.2 Å². The lowest BCUT2D eigenvalue weighted by molar-refractivity contribution is 0.0693. The lowest BCUT2D eigenvalue weighted by atomic mass is 10.2. The molecule has 21 heavy (non-hydrogen) atoms. The van der Waals surface area contributed by atoms with Crippen LogP contribution in [0.5, 0.6) is 5.75 Å². The van der Waals surface area contributed by atoms with Gasteiger partial charge < -0.3 is 9.84 Å². The fourth-order valence-electron chi connectivity index (χ4n) is 1.56. The van der Waals surface area contributed by atoms with Crippen molar-refractivity contribution < 1.29 is 19.4 Å². The van der Waals surface area contributed by atoms with Crippen LogP contribution in [0.4, 0.5) is 4.79 Å². The van der Waals surface area contributed by atoms with E-state index in [9.17, 15) is 4.79 Å². The van der Waals surface area contributed by atoms with Crippen molar-refractivity contribution in [1.82, 2.24) is 9.78 Å². The van der Waals surface area contributed by atoms with Gasteiger partial charge in [0.15, 0.2) is 0 Å². The Kier molecular flexibility index (Phi) is 6.20. The van der Waals surface area contributed by atoms with Gasteiger partial charge in [-0.1, -0.05) is 0 Å². The molecule has 1 heterocycles. The number of carboxylic acids is 1. The van der Waals surface area contributed by atoms with E-state index < -0.39 is 10.7 Å². The molecule has 0 saturated heterocycles. The van der Waals surface area contributed by atoms with Crippen LogP contribution in [-0.4, -0.2) is 32.7 Å². The van der Waals surface area contributed by atoms with Crippen molar-refractivity contribution in [3.8, 4) is 11.4 Å². The Balaban J connectivity index is 0.000000491. The molecule has 2 rings (SSSR count). The van der Waals surface area contributed by atoms with Crippen LogP contribution in [0.1, 0.15) is 16.1 Å². The smallest absolute Gasteiger partial charge is 0.339 e. The van der Waals surface area contributed by atoms with Gasteiger partial charge in [-0.15, -0.1) is 0 Å². The van der Waals surface area contributed by atoms with Crippen LogP contribution in [0, 0.1) is 6.92 Å². The minimum Gasteiger partial charge on any atom is -0.496 e. The van der Waals surface area contributed by atoms with Crippen LogP contribution in [0.25, 0.3) is 5.69 Å². The van der Waals surface area contributed by atoms with Gasteiger partial charge in [0.05, 0.1) is 18.5 Å². The summed E-state index contributed by atoms with van der Waals surface area (Å²) in [6.45, 7) is 1.89. The van der Waals surface area contributed by atoms with Crippen molar-refractivity contribution >= 4 is 33.9 Å². The molecule has 0 amide bonds. The fraction of sp³-hybridized carbons (Fsp3) is 0.154. The summed E-state index contributed by atoms with van der Waals surface area (Å²) in [5, 5.41) is 13.2. The minimum atomic E-state index is -1.01. The monoisotopic (exact) mass is 330 g/mol. The summed E-state index contributed by atoms with van der Waals surface area (Å²) in [6, 6.07) is 6.72. The Bertz CT molecular complexity index is 651. The van der Waals surface area contributed by atoms with E-state index in [0.717, 1.165) is 11.4 Å². The molecule has 0 aliphatic carbocycles. The van der Waals surface area contributed by atoms with Crippen molar-refractivity contribution in [2.75, 3.05) is 7.11 Å². The molecule has 8 heteroatoms. The number of halogens is 2. The zero-order chi connectivity index (χ0) is 16.0. The summed E-state index contributed by atoms with van der Waals surface area (Å²) < 4.78 is 5.83. The van der Waals surface area contributed by atoms with Gasteiger partial charge in [0, 0.05) is 12.3 Å². The second-order valence-electron chi connectivity index (χ2n) is 3.82. The van der Waals surface area contributed by atoms with E-state index in [1.54, 1.807) is 16.8 Å². The molecular weight excluding hydrogens is 319 g/mol. The standard InChI is InChI=1S/C12H12N2O3.CCl2O/c1-8-5-6-14(13-8)9-3-4-10(12(15)16)11(7-9)17-2;2-1(3)4/h3-7H,1-2H3,(H,15,16);. The zero-order valence-corrected chi connectivity index (χ0v) is 12.7.